The first-order valence-corrected chi connectivity index (χ1v) is 17.3. The number of aliphatic hydroxyl groups excluding tert-OH is 1. The summed E-state index contributed by atoms with van der Waals surface area (Å²) in [7, 11) is -0.205. The van der Waals surface area contributed by atoms with Crippen LogP contribution in [0.2, 0.25) is 18.6 Å². The number of benzene rings is 3. The maximum absolute atomic E-state index is 12.9. The van der Waals surface area contributed by atoms with Crippen molar-refractivity contribution >= 4 is 30.5 Å². The minimum absolute atomic E-state index is 0.0626. The Kier molecular flexibility index (Phi) is 8.26. The van der Waals surface area contributed by atoms with Crippen molar-refractivity contribution in [1.82, 2.24) is 0 Å². The van der Waals surface area contributed by atoms with Crippen LogP contribution in [0.3, 0.4) is 0 Å². The van der Waals surface area contributed by atoms with Crippen molar-refractivity contribution in [2.75, 3.05) is 18.6 Å². The van der Waals surface area contributed by atoms with Crippen LogP contribution < -0.4 is 14.8 Å². The predicted octanol–water partition coefficient (Wildman–Crippen LogP) is 6.01. The lowest BCUT2D eigenvalue weighted by Gasteiger charge is -2.36. The van der Waals surface area contributed by atoms with Gasteiger partial charge in [0, 0.05) is 18.7 Å². The Morgan fingerprint density at radius 2 is 1.74 bits per heavy atom. The number of rotatable bonds is 9. The van der Waals surface area contributed by atoms with Crippen LogP contribution in [0.5, 0.6) is 5.75 Å². The Balaban J connectivity index is 1.32. The van der Waals surface area contributed by atoms with Crippen LogP contribution in [0.1, 0.15) is 37.3 Å². The molecule has 2 aliphatic heterocycles. The molecule has 5 rings (SSSR count). The summed E-state index contributed by atoms with van der Waals surface area (Å²) in [5.74, 6) is 1.42. The van der Waals surface area contributed by atoms with Crippen molar-refractivity contribution in [1.29, 1.82) is 0 Å². The second kappa shape index (κ2) is 11.7. The lowest BCUT2D eigenvalue weighted by molar-refractivity contribution is -0.118. The largest absolute Gasteiger partial charge is 0.497 e. The van der Waals surface area contributed by atoms with Gasteiger partial charge >= 0.3 is 0 Å². The fourth-order valence-electron chi connectivity index (χ4n) is 6.91. The quantitative estimate of drug-likeness (QED) is 0.336. The van der Waals surface area contributed by atoms with Crippen LogP contribution in [0.15, 0.2) is 72.8 Å². The first-order valence-electron chi connectivity index (χ1n) is 14.2. The topological polar surface area (TPSA) is 59.0 Å². The minimum Gasteiger partial charge on any atom is -0.497 e. The van der Waals surface area contributed by atoms with Crippen LogP contribution in [0.4, 0.5) is 11.4 Å². The summed E-state index contributed by atoms with van der Waals surface area (Å²) in [5, 5.41) is 11.3. The molecule has 0 saturated carbocycles. The van der Waals surface area contributed by atoms with Gasteiger partial charge in [-0.1, -0.05) is 67.7 Å². The van der Waals surface area contributed by atoms with Crippen molar-refractivity contribution in [3.63, 3.8) is 0 Å². The number of amides is 1. The molecule has 1 amide bonds. The van der Waals surface area contributed by atoms with Crippen LogP contribution in [-0.4, -0.2) is 45.0 Å². The summed E-state index contributed by atoms with van der Waals surface area (Å²) in [5.41, 5.74) is 4.79. The maximum atomic E-state index is 12.9. The SMILES string of the molecule is COc1ccc([Si](C)(C)[C@H]2[C@H](C)[C@H](CCc3cccc(N4C(=O)CCc5ccccc54)c3)O[C@@H]2CCO)cc1. The lowest BCUT2D eigenvalue weighted by atomic mass is 9.95. The number of nitrogens with zero attached hydrogens (tertiary/aromatic N) is 1. The Morgan fingerprint density at radius 3 is 2.49 bits per heavy atom. The summed E-state index contributed by atoms with van der Waals surface area (Å²) in [4.78, 5) is 14.8. The Bertz CT molecular complexity index is 1290. The number of para-hydroxylation sites is 1. The number of aryl methyl sites for hydroxylation is 2. The zero-order valence-corrected chi connectivity index (χ0v) is 24.6. The number of fused-ring (bicyclic) bond motifs is 1. The third kappa shape index (κ3) is 5.56. The molecule has 0 spiro atoms. The van der Waals surface area contributed by atoms with Gasteiger partial charge in [-0.05, 0) is 78.6 Å². The first-order chi connectivity index (χ1) is 18.8. The molecule has 39 heavy (non-hydrogen) atoms. The molecule has 3 aromatic carbocycles. The second-order valence-electron chi connectivity index (χ2n) is 11.6. The number of methoxy groups -OCH3 is 1. The normalized spacial score (nSPS) is 23.1. The van der Waals surface area contributed by atoms with Crippen LogP contribution in [-0.2, 0) is 22.4 Å². The van der Waals surface area contributed by atoms with Crippen molar-refractivity contribution in [2.24, 2.45) is 5.92 Å². The van der Waals surface area contributed by atoms with E-state index in [1.165, 1.54) is 16.3 Å². The Labute approximate surface area is 233 Å². The molecule has 0 aliphatic carbocycles. The number of hydrogen-bond donors (Lipinski definition) is 1. The molecule has 0 aromatic heterocycles. The molecule has 0 radical (unpaired) electrons. The highest BCUT2D eigenvalue weighted by Gasteiger charge is 2.50. The molecule has 3 aromatic rings. The molecule has 0 bridgehead atoms. The molecule has 2 aliphatic rings. The van der Waals surface area contributed by atoms with Gasteiger partial charge in [-0.15, -0.1) is 0 Å². The highest BCUT2D eigenvalue weighted by molar-refractivity contribution is 6.91. The molecule has 1 saturated heterocycles. The standard InChI is InChI=1S/C33H41NO4Si/c1-23-30(38-31(20-21-35)33(23)39(3,4)28-16-14-27(37-2)15-17-28)18-12-24-8-7-10-26(22-24)34-29-11-6-5-9-25(29)13-19-32(34)36/h5-11,14-17,22-23,30-31,33,35H,12-13,18-21H2,1-4H3/t23-,30+,31-,33+/m1/s1. The number of anilines is 2. The fraction of sp³-hybridized carbons (Fsp3) is 0.424. The van der Waals surface area contributed by atoms with E-state index in [1.807, 2.05) is 29.2 Å². The Morgan fingerprint density at radius 1 is 0.974 bits per heavy atom. The van der Waals surface area contributed by atoms with E-state index < -0.39 is 8.07 Å². The second-order valence-corrected chi connectivity index (χ2v) is 16.3. The highest BCUT2D eigenvalue weighted by atomic mass is 28.3. The fourth-order valence-corrected chi connectivity index (χ4v) is 11.0. The lowest BCUT2D eigenvalue weighted by Crippen LogP contribution is -2.50. The van der Waals surface area contributed by atoms with Crippen molar-refractivity contribution in [2.45, 2.75) is 69.9 Å². The average Bonchev–Trinajstić information content (AvgIpc) is 3.27. The van der Waals surface area contributed by atoms with E-state index in [1.54, 1.807) is 7.11 Å². The van der Waals surface area contributed by atoms with Gasteiger partial charge in [-0.3, -0.25) is 9.69 Å². The van der Waals surface area contributed by atoms with E-state index in [0.29, 0.717) is 24.3 Å². The summed E-state index contributed by atoms with van der Waals surface area (Å²) < 4.78 is 12.1. The number of carbonyl (C=O) groups excluding carboxylic acids is 1. The highest BCUT2D eigenvalue weighted by Crippen LogP contribution is 2.46. The van der Waals surface area contributed by atoms with Gasteiger partial charge in [-0.2, -0.15) is 0 Å². The summed E-state index contributed by atoms with van der Waals surface area (Å²) >= 11 is 0. The van der Waals surface area contributed by atoms with E-state index in [2.05, 4.69) is 68.5 Å². The van der Waals surface area contributed by atoms with Gasteiger partial charge in [-0.25, -0.2) is 0 Å². The molecular formula is C33H41NO4Si. The molecule has 5 nitrogen and oxygen atoms in total. The smallest absolute Gasteiger partial charge is 0.231 e. The van der Waals surface area contributed by atoms with Gasteiger partial charge in [0.1, 0.15) is 5.75 Å². The molecular weight excluding hydrogens is 502 g/mol. The average molecular weight is 544 g/mol. The number of aliphatic hydroxyl groups is 1. The van der Waals surface area contributed by atoms with Crippen LogP contribution >= 0.6 is 0 Å². The van der Waals surface area contributed by atoms with E-state index >= 15 is 0 Å². The zero-order chi connectivity index (χ0) is 27.6. The monoisotopic (exact) mass is 543 g/mol. The van der Waals surface area contributed by atoms with Crippen molar-refractivity contribution < 1.29 is 19.4 Å². The first kappa shape index (κ1) is 27.6. The third-order valence-corrected chi connectivity index (χ3v) is 13.3. The summed E-state index contributed by atoms with van der Waals surface area (Å²) in [6.07, 6.45) is 4.01. The molecule has 4 atom stereocenters. The van der Waals surface area contributed by atoms with E-state index in [4.69, 9.17) is 9.47 Å². The number of carbonyl (C=O) groups is 1. The molecule has 1 fully saturated rings. The van der Waals surface area contributed by atoms with E-state index in [-0.39, 0.29) is 24.7 Å². The van der Waals surface area contributed by atoms with Gasteiger partial charge in [0.15, 0.2) is 0 Å². The van der Waals surface area contributed by atoms with Gasteiger partial charge in [0.25, 0.3) is 0 Å². The molecule has 2 heterocycles. The molecule has 1 N–H and O–H groups in total. The number of ether oxygens (including phenoxy) is 2. The van der Waals surface area contributed by atoms with Crippen molar-refractivity contribution in [3.05, 3.63) is 83.9 Å². The predicted molar refractivity (Wildman–Crippen MR) is 160 cm³/mol. The van der Waals surface area contributed by atoms with Gasteiger partial charge < -0.3 is 14.6 Å². The minimum atomic E-state index is -1.90. The number of hydrogen-bond acceptors (Lipinski definition) is 4. The maximum Gasteiger partial charge on any atom is 0.231 e. The zero-order valence-electron chi connectivity index (χ0n) is 23.6. The van der Waals surface area contributed by atoms with E-state index in [0.717, 1.165) is 36.4 Å². The third-order valence-electron chi connectivity index (χ3n) is 8.96. The summed E-state index contributed by atoms with van der Waals surface area (Å²) in [6.45, 7) is 7.35. The summed E-state index contributed by atoms with van der Waals surface area (Å²) in [6, 6.07) is 25.2. The van der Waals surface area contributed by atoms with Crippen molar-refractivity contribution in [3.8, 4) is 5.75 Å². The molecule has 6 heteroatoms. The molecule has 206 valence electrons. The Hall–Kier alpha value is -2.93. The van der Waals surface area contributed by atoms with Crippen LogP contribution in [0, 0.1) is 5.92 Å². The van der Waals surface area contributed by atoms with Gasteiger partial charge in [0.05, 0.1) is 33.1 Å². The van der Waals surface area contributed by atoms with E-state index in [9.17, 15) is 9.90 Å². The van der Waals surface area contributed by atoms with Crippen LogP contribution in [0.25, 0.3) is 0 Å². The molecule has 0 unspecified atom stereocenters. The van der Waals surface area contributed by atoms with Gasteiger partial charge in [0.2, 0.25) is 5.91 Å².